The Labute approximate surface area is 205 Å². The zero-order valence-electron chi connectivity index (χ0n) is 19.0. The number of ether oxygens (including phenoxy) is 2. The lowest BCUT2D eigenvalue weighted by Crippen LogP contribution is -2.26. The van der Waals surface area contributed by atoms with E-state index in [9.17, 15) is 22.8 Å². The topological polar surface area (TPSA) is 94.8 Å². The first-order valence-corrected chi connectivity index (χ1v) is 11.0. The van der Waals surface area contributed by atoms with Crippen LogP contribution in [-0.2, 0) is 11.0 Å². The molecule has 1 unspecified atom stereocenters. The van der Waals surface area contributed by atoms with E-state index in [0.29, 0.717) is 36.7 Å². The van der Waals surface area contributed by atoms with Gasteiger partial charge in [-0.3, -0.25) is 14.6 Å². The van der Waals surface area contributed by atoms with E-state index >= 15 is 0 Å². The smallest absolute Gasteiger partial charge is 0.416 e. The Balaban J connectivity index is 1.50. The van der Waals surface area contributed by atoms with E-state index in [2.05, 4.69) is 11.6 Å². The van der Waals surface area contributed by atoms with Gasteiger partial charge in [-0.15, -0.1) is 0 Å². The zero-order valence-corrected chi connectivity index (χ0v) is 19.0. The summed E-state index contributed by atoms with van der Waals surface area (Å²) in [5.41, 5.74) is 5.40. The van der Waals surface area contributed by atoms with E-state index in [-0.39, 0.29) is 28.9 Å². The highest BCUT2D eigenvalue weighted by molar-refractivity contribution is 5.95. The number of halogens is 3. The zero-order chi connectivity index (χ0) is 25.9. The van der Waals surface area contributed by atoms with Gasteiger partial charge in [0.05, 0.1) is 5.56 Å². The van der Waals surface area contributed by atoms with Crippen LogP contribution in [-0.4, -0.2) is 34.8 Å². The van der Waals surface area contributed by atoms with Crippen molar-refractivity contribution in [2.75, 3.05) is 13.1 Å². The maximum Gasteiger partial charge on any atom is 0.416 e. The number of benzene rings is 2. The summed E-state index contributed by atoms with van der Waals surface area (Å²) in [4.78, 5) is 29.8. The highest BCUT2D eigenvalue weighted by atomic mass is 19.4. The maximum atomic E-state index is 12.9. The van der Waals surface area contributed by atoms with Crippen LogP contribution < -0.4 is 15.2 Å². The number of pyridine rings is 1. The first kappa shape index (κ1) is 24.8. The Kier molecular flexibility index (Phi) is 6.96. The highest BCUT2D eigenvalue weighted by Gasteiger charge is 2.31. The summed E-state index contributed by atoms with van der Waals surface area (Å²) in [5, 5.41) is 0. The summed E-state index contributed by atoms with van der Waals surface area (Å²) in [6, 6.07) is 12.3. The molecule has 10 heteroatoms. The van der Waals surface area contributed by atoms with Gasteiger partial charge in [0.2, 0.25) is 5.91 Å². The van der Waals surface area contributed by atoms with Crippen LogP contribution in [0.1, 0.15) is 34.0 Å². The summed E-state index contributed by atoms with van der Waals surface area (Å²) in [7, 11) is 0. The molecule has 0 aliphatic carbocycles. The number of nitrogens with zero attached hydrogens (tertiary/aromatic N) is 2. The molecule has 0 radical (unpaired) electrons. The Morgan fingerprint density at radius 1 is 1.06 bits per heavy atom. The SMILES string of the molecule is C=CC(=O)N1CCC(c2cc(Oc3ccc(Oc4cccc(C(F)(F)F)c4)cc3)c(C(N)=O)cn2)C1. The van der Waals surface area contributed by atoms with E-state index in [4.69, 9.17) is 15.2 Å². The Hall–Kier alpha value is -4.34. The number of carbonyl (C=O) groups excluding carboxylic acids is 2. The van der Waals surface area contributed by atoms with Gasteiger partial charge in [-0.05, 0) is 55.0 Å². The number of hydrogen-bond acceptors (Lipinski definition) is 5. The Morgan fingerprint density at radius 2 is 1.75 bits per heavy atom. The van der Waals surface area contributed by atoms with E-state index in [1.807, 2.05) is 0 Å². The average molecular weight is 497 g/mol. The molecule has 0 spiro atoms. The molecular weight excluding hydrogens is 475 g/mol. The molecule has 1 saturated heterocycles. The maximum absolute atomic E-state index is 12.9. The van der Waals surface area contributed by atoms with Gasteiger partial charge in [0, 0.05) is 37.0 Å². The van der Waals surface area contributed by atoms with Gasteiger partial charge in [-0.2, -0.15) is 13.2 Å². The molecule has 7 nitrogen and oxygen atoms in total. The largest absolute Gasteiger partial charge is 0.457 e. The fourth-order valence-corrected chi connectivity index (χ4v) is 3.85. The molecule has 2 heterocycles. The average Bonchev–Trinajstić information content (AvgIpc) is 3.35. The number of likely N-dealkylation sites (tertiary alicyclic amines) is 1. The van der Waals surface area contributed by atoms with Crippen LogP contribution in [0.5, 0.6) is 23.0 Å². The second-order valence-electron chi connectivity index (χ2n) is 8.14. The van der Waals surface area contributed by atoms with Crippen molar-refractivity contribution >= 4 is 11.8 Å². The normalized spacial score (nSPS) is 15.4. The number of carbonyl (C=O) groups is 2. The van der Waals surface area contributed by atoms with Crippen LogP contribution >= 0.6 is 0 Å². The molecule has 4 rings (SSSR count). The molecule has 36 heavy (non-hydrogen) atoms. The fraction of sp³-hybridized carbons (Fsp3) is 0.192. The Bertz CT molecular complexity index is 1290. The molecule has 0 bridgehead atoms. The molecule has 1 aliphatic heterocycles. The molecule has 1 atom stereocenters. The molecular formula is C26H22F3N3O4. The van der Waals surface area contributed by atoms with Crippen LogP contribution in [0.4, 0.5) is 13.2 Å². The predicted molar refractivity (Wildman–Crippen MR) is 125 cm³/mol. The van der Waals surface area contributed by atoms with Crippen LogP contribution in [0, 0.1) is 0 Å². The van der Waals surface area contributed by atoms with Crippen LogP contribution in [0.25, 0.3) is 0 Å². The van der Waals surface area contributed by atoms with E-state index in [0.717, 1.165) is 12.1 Å². The van der Waals surface area contributed by atoms with Gasteiger partial charge in [0.1, 0.15) is 28.6 Å². The van der Waals surface area contributed by atoms with Gasteiger partial charge >= 0.3 is 6.18 Å². The van der Waals surface area contributed by atoms with Crippen LogP contribution in [0.3, 0.4) is 0 Å². The van der Waals surface area contributed by atoms with Gasteiger partial charge in [-0.1, -0.05) is 12.6 Å². The molecule has 1 aromatic heterocycles. The van der Waals surface area contributed by atoms with Gasteiger partial charge in [-0.25, -0.2) is 0 Å². The Morgan fingerprint density at radius 3 is 2.39 bits per heavy atom. The standard InChI is InChI=1S/C26H22F3N3O4/c1-2-24(33)32-11-10-16(15-32)22-13-23(21(14-31-22)25(30)34)36-19-8-6-18(7-9-19)35-20-5-3-4-17(12-20)26(27,28)29/h2-9,12-14,16H,1,10-11,15H2,(H2,30,34). The number of amides is 2. The predicted octanol–water partition coefficient (Wildman–Crippen LogP) is 5.29. The summed E-state index contributed by atoms with van der Waals surface area (Å²) in [6.07, 6.45) is -1.17. The number of hydrogen-bond donors (Lipinski definition) is 1. The number of nitrogens with two attached hydrogens (primary N) is 1. The number of alkyl halides is 3. The van der Waals surface area contributed by atoms with E-state index in [1.165, 1.54) is 36.5 Å². The number of rotatable bonds is 7. The van der Waals surface area contributed by atoms with E-state index < -0.39 is 17.6 Å². The summed E-state index contributed by atoms with van der Waals surface area (Å²) in [5.74, 6) is -0.0348. The summed E-state index contributed by atoms with van der Waals surface area (Å²) >= 11 is 0. The van der Waals surface area contributed by atoms with Gasteiger partial charge in [0.15, 0.2) is 0 Å². The molecule has 0 saturated carbocycles. The third-order valence-electron chi connectivity index (χ3n) is 5.69. The molecule has 2 amide bonds. The van der Waals surface area contributed by atoms with Crippen molar-refractivity contribution in [1.29, 1.82) is 0 Å². The summed E-state index contributed by atoms with van der Waals surface area (Å²) < 4.78 is 50.2. The second kappa shape index (κ2) is 10.1. The number of aromatic nitrogens is 1. The van der Waals surface area contributed by atoms with E-state index in [1.54, 1.807) is 23.1 Å². The molecule has 3 aromatic rings. The first-order valence-electron chi connectivity index (χ1n) is 11.0. The fourth-order valence-electron chi connectivity index (χ4n) is 3.85. The van der Waals surface area contributed by atoms with Crippen molar-refractivity contribution in [3.05, 3.63) is 90.3 Å². The lowest BCUT2D eigenvalue weighted by Gasteiger charge is -2.16. The lowest BCUT2D eigenvalue weighted by atomic mass is 10.0. The highest BCUT2D eigenvalue weighted by Crippen LogP contribution is 2.35. The van der Waals surface area contributed by atoms with Crippen molar-refractivity contribution in [1.82, 2.24) is 9.88 Å². The van der Waals surface area contributed by atoms with Crippen molar-refractivity contribution in [3.8, 4) is 23.0 Å². The molecule has 2 N–H and O–H groups in total. The van der Waals surface area contributed by atoms with Crippen molar-refractivity contribution in [2.24, 2.45) is 5.73 Å². The monoisotopic (exact) mass is 497 g/mol. The molecule has 2 aromatic carbocycles. The second-order valence-corrected chi connectivity index (χ2v) is 8.14. The third kappa shape index (κ3) is 5.65. The lowest BCUT2D eigenvalue weighted by molar-refractivity contribution is -0.137. The number of primary amides is 1. The van der Waals surface area contributed by atoms with Crippen molar-refractivity contribution < 1.29 is 32.2 Å². The van der Waals surface area contributed by atoms with Crippen molar-refractivity contribution in [3.63, 3.8) is 0 Å². The van der Waals surface area contributed by atoms with Crippen LogP contribution in [0.15, 0.2) is 73.4 Å². The molecule has 1 aliphatic rings. The minimum atomic E-state index is -4.48. The molecule has 186 valence electrons. The molecule has 1 fully saturated rings. The minimum Gasteiger partial charge on any atom is -0.457 e. The third-order valence-corrected chi connectivity index (χ3v) is 5.69. The summed E-state index contributed by atoms with van der Waals surface area (Å²) in [6.45, 7) is 4.54. The van der Waals surface area contributed by atoms with Gasteiger partial charge in [0.25, 0.3) is 5.91 Å². The van der Waals surface area contributed by atoms with Gasteiger partial charge < -0.3 is 20.1 Å². The quantitative estimate of drug-likeness (QED) is 0.448. The van der Waals surface area contributed by atoms with Crippen LogP contribution in [0.2, 0.25) is 0 Å². The minimum absolute atomic E-state index is 0.0360. The van der Waals surface area contributed by atoms with Crippen molar-refractivity contribution in [2.45, 2.75) is 18.5 Å². The first-order chi connectivity index (χ1) is 17.1.